The van der Waals surface area contributed by atoms with Crippen molar-refractivity contribution in [2.75, 3.05) is 18.7 Å². The second-order valence-electron chi connectivity index (χ2n) is 6.02. The maximum Gasteiger partial charge on any atom is 0.243 e. The van der Waals surface area contributed by atoms with Crippen LogP contribution in [-0.4, -0.2) is 25.2 Å². The molecule has 26 heavy (non-hydrogen) atoms. The number of rotatable bonds is 7. The van der Waals surface area contributed by atoms with Crippen molar-refractivity contribution in [1.82, 2.24) is 5.32 Å². The molecule has 1 aliphatic heterocycles. The van der Waals surface area contributed by atoms with Gasteiger partial charge in [0.25, 0.3) is 0 Å². The van der Waals surface area contributed by atoms with Crippen molar-refractivity contribution in [3.63, 3.8) is 0 Å². The topological polar surface area (TPSA) is 76.7 Å². The van der Waals surface area contributed by atoms with E-state index in [1.807, 2.05) is 49.4 Å². The van der Waals surface area contributed by atoms with Gasteiger partial charge in [-0.1, -0.05) is 31.2 Å². The standard InChI is InChI=1S/C20H22N2O4/c1-2-15-5-3-4-6-16(15)22-20(24)12-21-19(23)10-8-14-7-9-17-18(11-14)26-13-25-17/h3-7,9,11H,2,8,10,12-13H2,1H3,(H,21,23)(H,22,24). The van der Waals surface area contributed by atoms with Crippen LogP contribution in [-0.2, 0) is 22.4 Å². The van der Waals surface area contributed by atoms with Gasteiger partial charge in [-0.3, -0.25) is 9.59 Å². The molecule has 2 amide bonds. The molecule has 136 valence electrons. The normalized spacial score (nSPS) is 11.9. The molecule has 2 N–H and O–H groups in total. The van der Waals surface area contributed by atoms with Crippen molar-refractivity contribution in [1.29, 1.82) is 0 Å². The van der Waals surface area contributed by atoms with E-state index in [4.69, 9.17) is 9.47 Å². The molecule has 0 spiro atoms. The Morgan fingerprint density at radius 2 is 1.85 bits per heavy atom. The van der Waals surface area contributed by atoms with Crippen molar-refractivity contribution in [2.45, 2.75) is 26.2 Å². The van der Waals surface area contributed by atoms with E-state index in [1.54, 1.807) is 0 Å². The highest BCUT2D eigenvalue weighted by Gasteiger charge is 2.14. The summed E-state index contributed by atoms with van der Waals surface area (Å²) in [6.07, 6.45) is 1.71. The molecule has 0 unspecified atom stereocenters. The van der Waals surface area contributed by atoms with E-state index >= 15 is 0 Å². The number of carbonyl (C=O) groups excluding carboxylic acids is 2. The number of fused-ring (bicyclic) bond motifs is 1. The fraction of sp³-hybridized carbons (Fsp3) is 0.300. The number of carbonyl (C=O) groups is 2. The third-order valence-corrected chi connectivity index (χ3v) is 4.20. The lowest BCUT2D eigenvalue weighted by Crippen LogP contribution is -2.33. The van der Waals surface area contributed by atoms with Crippen LogP contribution >= 0.6 is 0 Å². The minimum atomic E-state index is -0.234. The van der Waals surface area contributed by atoms with Gasteiger partial charge in [-0.2, -0.15) is 0 Å². The lowest BCUT2D eigenvalue weighted by molar-refractivity contribution is -0.124. The van der Waals surface area contributed by atoms with Crippen LogP contribution < -0.4 is 20.1 Å². The maximum absolute atomic E-state index is 12.0. The van der Waals surface area contributed by atoms with E-state index in [9.17, 15) is 9.59 Å². The van der Waals surface area contributed by atoms with E-state index in [2.05, 4.69) is 10.6 Å². The zero-order chi connectivity index (χ0) is 18.4. The number of anilines is 1. The summed E-state index contributed by atoms with van der Waals surface area (Å²) in [4.78, 5) is 24.0. The third kappa shape index (κ3) is 4.53. The monoisotopic (exact) mass is 354 g/mol. The van der Waals surface area contributed by atoms with Gasteiger partial charge >= 0.3 is 0 Å². The number of para-hydroxylation sites is 1. The molecule has 1 heterocycles. The number of ether oxygens (including phenoxy) is 2. The SMILES string of the molecule is CCc1ccccc1NC(=O)CNC(=O)CCc1ccc2c(c1)OCO2. The van der Waals surface area contributed by atoms with Crippen molar-refractivity contribution in [3.05, 3.63) is 53.6 Å². The molecule has 0 bridgehead atoms. The minimum absolute atomic E-state index is 0.0436. The van der Waals surface area contributed by atoms with Gasteiger partial charge in [0.1, 0.15) is 0 Å². The summed E-state index contributed by atoms with van der Waals surface area (Å²) in [5.74, 6) is 1.03. The average molecular weight is 354 g/mol. The molecule has 0 atom stereocenters. The first-order valence-electron chi connectivity index (χ1n) is 8.68. The van der Waals surface area contributed by atoms with Crippen molar-refractivity contribution in [2.24, 2.45) is 0 Å². The van der Waals surface area contributed by atoms with Gasteiger partial charge in [-0.15, -0.1) is 0 Å². The molecular formula is C20H22N2O4. The Morgan fingerprint density at radius 1 is 1.04 bits per heavy atom. The summed E-state index contributed by atoms with van der Waals surface area (Å²) in [5.41, 5.74) is 2.84. The molecular weight excluding hydrogens is 332 g/mol. The van der Waals surface area contributed by atoms with Crippen LogP contribution in [0, 0.1) is 0 Å². The molecule has 6 nitrogen and oxygen atoms in total. The molecule has 1 aliphatic rings. The Bertz CT molecular complexity index is 804. The highest BCUT2D eigenvalue weighted by molar-refractivity contribution is 5.95. The summed E-state index contributed by atoms with van der Waals surface area (Å²) in [7, 11) is 0. The number of hydrogen-bond acceptors (Lipinski definition) is 4. The first-order chi connectivity index (χ1) is 12.7. The van der Waals surface area contributed by atoms with Crippen LogP contribution in [0.15, 0.2) is 42.5 Å². The van der Waals surface area contributed by atoms with Gasteiger partial charge in [0.05, 0.1) is 6.54 Å². The summed E-state index contributed by atoms with van der Waals surface area (Å²) >= 11 is 0. The fourth-order valence-electron chi connectivity index (χ4n) is 2.77. The third-order valence-electron chi connectivity index (χ3n) is 4.20. The molecule has 0 aliphatic carbocycles. The van der Waals surface area contributed by atoms with E-state index < -0.39 is 0 Å². The van der Waals surface area contributed by atoms with Crippen molar-refractivity contribution >= 4 is 17.5 Å². The summed E-state index contributed by atoms with van der Waals surface area (Å²) in [5, 5.41) is 5.49. The molecule has 2 aromatic carbocycles. The first-order valence-corrected chi connectivity index (χ1v) is 8.68. The number of nitrogens with one attached hydrogen (secondary N) is 2. The number of benzene rings is 2. The molecule has 3 rings (SSSR count). The van der Waals surface area contributed by atoms with Gasteiger partial charge in [0, 0.05) is 12.1 Å². The van der Waals surface area contributed by atoms with Crippen LogP contribution in [0.4, 0.5) is 5.69 Å². The Labute approximate surface area is 152 Å². The molecule has 6 heteroatoms. The van der Waals surface area contributed by atoms with E-state index in [0.717, 1.165) is 29.0 Å². The summed E-state index contributed by atoms with van der Waals surface area (Å²) < 4.78 is 10.6. The van der Waals surface area contributed by atoms with Gasteiger partial charge < -0.3 is 20.1 Å². The van der Waals surface area contributed by atoms with Crippen LogP contribution in [0.5, 0.6) is 11.5 Å². The Morgan fingerprint density at radius 3 is 2.69 bits per heavy atom. The molecule has 0 aromatic heterocycles. The quantitative estimate of drug-likeness (QED) is 0.801. The highest BCUT2D eigenvalue weighted by Crippen LogP contribution is 2.32. The number of aryl methyl sites for hydroxylation is 2. The van der Waals surface area contributed by atoms with Crippen molar-refractivity contribution < 1.29 is 19.1 Å². The van der Waals surface area contributed by atoms with Crippen molar-refractivity contribution in [3.8, 4) is 11.5 Å². The first kappa shape index (κ1) is 17.8. The maximum atomic E-state index is 12.0. The van der Waals surface area contributed by atoms with Gasteiger partial charge in [-0.05, 0) is 42.2 Å². The highest BCUT2D eigenvalue weighted by atomic mass is 16.7. The predicted octanol–water partition coefficient (Wildman–Crippen LogP) is 2.67. The molecule has 0 fully saturated rings. The van der Waals surface area contributed by atoms with Gasteiger partial charge in [-0.25, -0.2) is 0 Å². The summed E-state index contributed by atoms with van der Waals surface area (Å²) in [6.45, 7) is 2.22. The van der Waals surface area contributed by atoms with E-state index in [0.29, 0.717) is 18.6 Å². The van der Waals surface area contributed by atoms with Crippen LogP contribution in [0.3, 0.4) is 0 Å². The fourth-order valence-corrected chi connectivity index (χ4v) is 2.77. The Hall–Kier alpha value is -3.02. The Kier molecular flexibility index (Phi) is 5.73. The van der Waals surface area contributed by atoms with Crippen LogP contribution in [0.1, 0.15) is 24.5 Å². The lowest BCUT2D eigenvalue weighted by atomic mass is 10.1. The number of amides is 2. The molecule has 2 aromatic rings. The molecule has 0 radical (unpaired) electrons. The second-order valence-corrected chi connectivity index (χ2v) is 6.02. The number of hydrogen-bond donors (Lipinski definition) is 2. The average Bonchev–Trinajstić information content (AvgIpc) is 3.13. The van der Waals surface area contributed by atoms with Gasteiger partial charge in [0.15, 0.2) is 11.5 Å². The van der Waals surface area contributed by atoms with Gasteiger partial charge in [0.2, 0.25) is 18.6 Å². The van der Waals surface area contributed by atoms with E-state index in [1.165, 1.54) is 0 Å². The minimum Gasteiger partial charge on any atom is -0.454 e. The zero-order valence-corrected chi connectivity index (χ0v) is 14.7. The van der Waals surface area contributed by atoms with Crippen LogP contribution in [0.25, 0.3) is 0 Å². The smallest absolute Gasteiger partial charge is 0.243 e. The Balaban J connectivity index is 1.43. The van der Waals surface area contributed by atoms with E-state index in [-0.39, 0.29) is 25.2 Å². The second kappa shape index (κ2) is 8.38. The molecule has 0 saturated carbocycles. The molecule has 0 saturated heterocycles. The lowest BCUT2D eigenvalue weighted by Gasteiger charge is -2.10. The van der Waals surface area contributed by atoms with Crippen LogP contribution in [0.2, 0.25) is 0 Å². The predicted molar refractivity (Wildman–Crippen MR) is 98.3 cm³/mol. The zero-order valence-electron chi connectivity index (χ0n) is 14.7. The largest absolute Gasteiger partial charge is 0.454 e. The summed E-state index contributed by atoms with van der Waals surface area (Å²) in [6, 6.07) is 13.3.